The number of pyridine rings is 1. The highest BCUT2D eigenvalue weighted by atomic mass is 32.1. The zero-order chi connectivity index (χ0) is 17.8. The molecule has 0 atom stereocenters. The summed E-state index contributed by atoms with van der Waals surface area (Å²) >= 11 is 1.30. The van der Waals surface area contributed by atoms with Gasteiger partial charge >= 0.3 is 6.03 Å². The van der Waals surface area contributed by atoms with Gasteiger partial charge in [0.25, 0.3) is 0 Å². The van der Waals surface area contributed by atoms with Crippen molar-refractivity contribution in [1.29, 1.82) is 0 Å². The smallest absolute Gasteiger partial charge is 0.323 e. The van der Waals surface area contributed by atoms with E-state index in [9.17, 15) is 4.79 Å². The molecule has 0 unspecified atom stereocenters. The van der Waals surface area contributed by atoms with Crippen LogP contribution in [0.4, 0.5) is 15.9 Å². The second kappa shape index (κ2) is 7.40. The third kappa shape index (κ3) is 3.59. The summed E-state index contributed by atoms with van der Waals surface area (Å²) in [5, 5.41) is 12.1. The predicted octanol–water partition coefficient (Wildman–Crippen LogP) is 1.74. The number of urea groups is 1. The first-order valence-corrected chi connectivity index (χ1v) is 8.94. The van der Waals surface area contributed by atoms with E-state index in [2.05, 4.69) is 35.4 Å². The number of rotatable bonds is 3. The fourth-order valence-electron chi connectivity index (χ4n) is 2.60. The molecule has 26 heavy (non-hydrogen) atoms. The van der Waals surface area contributed by atoms with Gasteiger partial charge in [-0.1, -0.05) is 17.4 Å². The molecule has 1 saturated heterocycles. The standard InChI is InChI=1S/C16H16N8OS/c25-16(20-15-22-21-13(26-15)12-4-1-2-5-17-12)24-10-8-23(9-11-24)14-18-6-3-7-19-14/h1-7H,8-11H2,(H,20,22,25). The molecule has 0 bridgehead atoms. The number of amides is 2. The average Bonchev–Trinajstić information content (AvgIpc) is 3.18. The van der Waals surface area contributed by atoms with E-state index in [0.717, 1.165) is 5.69 Å². The van der Waals surface area contributed by atoms with E-state index in [-0.39, 0.29) is 6.03 Å². The summed E-state index contributed by atoms with van der Waals surface area (Å²) in [5.74, 6) is 0.691. The van der Waals surface area contributed by atoms with Gasteiger partial charge in [0.1, 0.15) is 5.69 Å². The van der Waals surface area contributed by atoms with Crippen LogP contribution in [0.3, 0.4) is 0 Å². The lowest BCUT2D eigenvalue weighted by atomic mass is 10.3. The highest BCUT2D eigenvalue weighted by molar-refractivity contribution is 7.18. The Morgan fingerprint density at radius 3 is 2.46 bits per heavy atom. The van der Waals surface area contributed by atoms with Crippen molar-refractivity contribution in [3.8, 4) is 10.7 Å². The fraction of sp³-hybridized carbons (Fsp3) is 0.250. The molecule has 1 fully saturated rings. The van der Waals surface area contributed by atoms with Crippen LogP contribution in [0.5, 0.6) is 0 Å². The Balaban J connectivity index is 1.34. The van der Waals surface area contributed by atoms with E-state index in [1.165, 1.54) is 11.3 Å². The minimum Gasteiger partial charge on any atom is -0.337 e. The van der Waals surface area contributed by atoms with Gasteiger partial charge in [-0.3, -0.25) is 10.3 Å². The zero-order valence-electron chi connectivity index (χ0n) is 13.8. The molecule has 0 aromatic carbocycles. The van der Waals surface area contributed by atoms with Crippen LogP contribution < -0.4 is 10.2 Å². The van der Waals surface area contributed by atoms with E-state index in [4.69, 9.17) is 0 Å². The van der Waals surface area contributed by atoms with Gasteiger partial charge in [-0.25, -0.2) is 14.8 Å². The number of nitrogens with one attached hydrogen (secondary N) is 1. The van der Waals surface area contributed by atoms with Crippen molar-refractivity contribution in [2.45, 2.75) is 0 Å². The first-order chi connectivity index (χ1) is 12.8. The molecule has 4 heterocycles. The predicted molar refractivity (Wildman–Crippen MR) is 98.0 cm³/mol. The van der Waals surface area contributed by atoms with Crippen LogP contribution in [0.25, 0.3) is 10.7 Å². The molecular weight excluding hydrogens is 352 g/mol. The summed E-state index contributed by atoms with van der Waals surface area (Å²) in [6.07, 6.45) is 5.14. The Bertz CT molecular complexity index is 864. The monoisotopic (exact) mass is 368 g/mol. The second-order valence-corrected chi connectivity index (χ2v) is 6.56. The maximum Gasteiger partial charge on any atom is 0.323 e. The summed E-state index contributed by atoms with van der Waals surface area (Å²) in [5.41, 5.74) is 0.738. The summed E-state index contributed by atoms with van der Waals surface area (Å²) in [6, 6.07) is 7.19. The molecule has 3 aromatic heterocycles. The van der Waals surface area contributed by atoms with Crippen molar-refractivity contribution >= 4 is 28.4 Å². The third-order valence-electron chi connectivity index (χ3n) is 3.92. The van der Waals surface area contributed by atoms with Crippen molar-refractivity contribution in [3.05, 3.63) is 42.9 Å². The van der Waals surface area contributed by atoms with Crippen LogP contribution in [0.2, 0.25) is 0 Å². The number of hydrogen-bond acceptors (Lipinski definition) is 8. The molecule has 132 valence electrons. The molecule has 10 heteroatoms. The van der Waals surface area contributed by atoms with Gasteiger partial charge in [0.05, 0.1) is 0 Å². The van der Waals surface area contributed by atoms with Gasteiger partial charge in [-0.2, -0.15) is 0 Å². The highest BCUT2D eigenvalue weighted by Gasteiger charge is 2.23. The second-order valence-electron chi connectivity index (χ2n) is 5.58. The first kappa shape index (κ1) is 16.3. The molecule has 3 aromatic rings. The minimum absolute atomic E-state index is 0.178. The van der Waals surface area contributed by atoms with E-state index >= 15 is 0 Å². The van der Waals surface area contributed by atoms with Crippen molar-refractivity contribution < 1.29 is 4.79 Å². The van der Waals surface area contributed by atoms with Crippen molar-refractivity contribution in [2.75, 3.05) is 36.4 Å². The third-order valence-corrected chi connectivity index (χ3v) is 4.79. The Morgan fingerprint density at radius 1 is 0.962 bits per heavy atom. The van der Waals surface area contributed by atoms with Gasteiger partial charge in [0.15, 0.2) is 5.01 Å². The number of carbonyl (C=O) groups is 1. The normalized spacial score (nSPS) is 14.3. The van der Waals surface area contributed by atoms with Crippen LogP contribution in [0.1, 0.15) is 0 Å². The van der Waals surface area contributed by atoms with Gasteiger partial charge in [0.2, 0.25) is 11.1 Å². The fourth-order valence-corrected chi connectivity index (χ4v) is 3.31. The summed E-state index contributed by atoms with van der Waals surface area (Å²) < 4.78 is 0. The molecule has 4 rings (SSSR count). The van der Waals surface area contributed by atoms with Crippen LogP contribution in [-0.4, -0.2) is 62.3 Å². The highest BCUT2D eigenvalue weighted by Crippen LogP contribution is 2.24. The van der Waals surface area contributed by atoms with Crippen LogP contribution >= 0.6 is 11.3 Å². The first-order valence-electron chi connectivity index (χ1n) is 8.12. The Morgan fingerprint density at radius 2 is 1.73 bits per heavy atom. The summed E-state index contributed by atoms with van der Waals surface area (Å²) in [6.45, 7) is 2.56. The SMILES string of the molecule is O=C(Nc1nnc(-c2ccccn2)s1)N1CCN(c2ncccn2)CC1. The topological polar surface area (TPSA) is 100 Å². The minimum atomic E-state index is -0.178. The Hall–Kier alpha value is -3.14. The van der Waals surface area contributed by atoms with Crippen molar-refractivity contribution in [1.82, 2.24) is 30.0 Å². The van der Waals surface area contributed by atoms with Gasteiger partial charge in [-0.05, 0) is 18.2 Å². The van der Waals surface area contributed by atoms with E-state index < -0.39 is 0 Å². The van der Waals surface area contributed by atoms with Gasteiger partial charge < -0.3 is 9.80 Å². The molecule has 0 saturated carbocycles. The molecule has 0 spiro atoms. The molecule has 1 aliphatic rings. The van der Waals surface area contributed by atoms with E-state index in [1.807, 2.05) is 18.2 Å². The molecular formula is C16H16N8OS. The van der Waals surface area contributed by atoms with Gasteiger partial charge in [-0.15, -0.1) is 10.2 Å². The lowest BCUT2D eigenvalue weighted by Gasteiger charge is -2.34. The molecule has 1 aliphatic heterocycles. The van der Waals surface area contributed by atoms with Crippen LogP contribution in [0.15, 0.2) is 42.9 Å². The van der Waals surface area contributed by atoms with Crippen molar-refractivity contribution in [2.24, 2.45) is 0 Å². The number of piperazine rings is 1. The summed E-state index contributed by atoms with van der Waals surface area (Å²) in [4.78, 5) is 29.0. The average molecular weight is 368 g/mol. The molecule has 2 amide bonds. The maximum absolute atomic E-state index is 12.4. The maximum atomic E-state index is 12.4. The quantitative estimate of drug-likeness (QED) is 0.751. The van der Waals surface area contributed by atoms with Crippen LogP contribution in [0, 0.1) is 0 Å². The van der Waals surface area contributed by atoms with Crippen molar-refractivity contribution in [3.63, 3.8) is 0 Å². The number of anilines is 2. The largest absolute Gasteiger partial charge is 0.337 e. The number of nitrogens with zero attached hydrogens (tertiary/aromatic N) is 7. The molecule has 0 radical (unpaired) electrons. The zero-order valence-corrected chi connectivity index (χ0v) is 14.6. The number of hydrogen-bond donors (Lipinski definition) is 1. The number of aromatic nitrogens is 5. The number of carbonyl (C=O) groups excluding carboxylic acids is 1. The summed E-state index contributed by atoms with van der Waals surface area (Å²) in [7, 11) is 0. The van der Waals surface area contributed by atoms with E-state index in [0.29, 0.717) is 42.3 Å². The Labute approximate surface area is 153 Å². The van der Waals surface area contributed by atoms with Gasteiger partial charge in [0, 0.05) is 44.8 Å². The molecule has 9 nitrogen and oxygen atoms in total. The van der Waals surface area contributed by atoms with E-state index in [1.54, 1.807) is 29.6 Å². The molecule has 0 aliphatic carbocycles. The Kier molecular flexibility index (Phi) is 4.65. The molecule has 1 N–H and O–H groups in total. The van der Waals surface area contributed by atoms with Crippen LogP contribution in [-0.2, 0) is 0 Å². The lowest BCUT2D eigenvalue weighted by molar-refractivity contribution is 0.208. The lowest BCUT2D eigenvalue weighted by Crippen LogP contribution is -2.50.